The monoisotopic (exact) mass is 394 g/mol. The van der Waals surface area contributed by atoms with Crippen molar-refractivity contribution in [2.75, 3.05) is 0 Å². The SMILES string of the molecule is Cl/C(=C\c1ccc(Cl)cc1)c1nnc(-c2ccccc2Br)o1. The molecule has 1 aromatic heterocycles. The summed E-state index contributed by atoms with van der Waals surface area (Å²) in [6.07, 6.45) is 1.75. The summed E-state index contributed by atoms with van der Waals surface area (Å²) in [5.41, 5.74) is 1.72. The molecule has 2 aromatic carbocycles. The van der Waals surface area contributed by atoms with E-state index in [2.05, 4.69) is 26.1 Å². The predicted octanol–water partition coefficient (Wildman–Crippen LogP) is 5.89. The van der Waals surface area contributed by atoms with E-state index in [1.54, 1.807) is 18.2 Å². The van der Waals surface area contributed by atoms with E-state index in [1.807, 2.05) is 36.4 Å². The Bertz CT molecular complexity index is 828. The molecule has 0 unspecified atom stereocenters. The number of halogens is 3. The van der Waals surface area contributed by atoms with Crippen LogP contribution in [0.15, 0.2) is 57.4 Å². The average molecular weight is 396 g/mol. The number of rotatable bonds is 3. The van der Waals surface area contributed by atoms with Crippen LogP contribution in [0.5, 0.6) is 0 Å². The number of nitrogens with zero attached hydrogens (tertiary/aromatic N) is 2. The first-order valence-electron chi connectivity index (χ1n) is 6.35. The molecule has 0 fully saturated rings. The normalized spacial score (nSPS) is 11.7. The van der Waals surface area contributed by atoms with Crippen LogP contribution < -0.4 is 0 Å². The van der Waals surface area contributed by atoms with Gasteiger partial charge in [0, 0.05) is 9.50 Å². The maximum Gasteiger partial charge on any atom is 0.259 e. The second-order valence-electron chi connectivity index (χ2n) is 4.44. The summed E-state index contributed by atoms with van der Waals surface area (Å²) < 4.78 is 6.51. The molecule has 0 aliphatic rings. The molecule has 0 N–H and O–H groups in total. The van der Waals surface area contributed by atoms with Gasteiger partial charge in [-0.2, -0.15) is 0 Å². The molecule has 3 nitrogen and oxygen atoms in total. The zero-order valence-electron chi connectivity index (χ0n) is 11.1. The maximum atomic E-state index is 6.24. The first-order valence-corrected chi connectivity index (χ1v) is 7.90. The molecule has 0 bridgehead atoms. The third kappa shape index (κ3) is 3.40. The molecule has 6 heteroatoms. The van der Waals surface area contributed by atoms with E-state index in [1.165, 1.54) is 0 Å². The molecule has 0 amide bonds. The van der Waals surface area contributed by atoms with Crippen LogP contribution in [-0.4, -0.2) is 10.2 Å². The number of benzene rings is 2. The van der Waals surface area contributed by atoms with Gasteiger partial charge in [0.05, 0.1) is 5.56 Å². The van der Waals surface area contributed by atoms with Crippen LogP contribution in [-0.2, 0) is 0 Å². The summed E-state index contributed by atoms with van der Waals surface area (Å²) in [6, 6.07) is 14.9. The Kier molecular flexibility index (Phi) is 4.62. The highest BCUT2D eigenvalue weighted by atomic mass is 79.9. The minimum Gasteiger partial charge on any atom is -0.415 e. The molecule has 0 atom stereocenters. The van der Waals surface area contributed by atoms with Gasteiger partial charge in [-0.15, -0.1) is 10.2 Å². The Morgan fingerprint density at radius 1 is 1.05 bits per heavy atom. The smallest absolute Gasteiger partial charge is 0.259 e. The largest absolute Gasteiger partial charge is 0.415 e. The van der Waals surface area contributed by atoms with Gasteiger partial charge in [-0.3, -0.25) is 0 Å². The zero-order valence-corrected chi connectivity index (χ0v) is 14.2. The summed E-state index contributed by atoms with van der Waals surface area (Å²) in [5, 5.41) is 9.05. The second-order valence-corrected chi connectivity index (χ2v) is 6.13. The van der Waals surface area contributed by atoms with Crippen LogP contribution in [0.4, 0.5) is 0 Å². The Hall–Kier alpha value is -1.62. The Balaban J connectivity index is 1.90. The topological polar surface area (TPSA) is 38.9 Å². The van der Waals surface area contributed by atoms with Crippen molar-refractivity contribution in [2.45, 2.75) is 0 Å². The third-order valence-electron chi connectivity index (χ3n) is 2.90. The Morgan fingerprint density at radius 2 is 1.77 bits per heavy atom. The molecule has 0 spiro atoms. The van der Waals surface area contributed by atoms with E-state index in [9.17, 15) is 0 Å². The molecule has 110 valence electrons. The van der Waals surface area contributed by atoms with Crippen LogP contribution in [0, 0.1) is 0 Å². The molecule has 1 heterocycles. The van der Waals surface area contributed by atoms with Gasteiger partial charge in [-0.25, -0.2) is 0 Å². The van der Waals surface area contributed by atoms with Gasteiger partial charge in [0.1, 0.15) is 5.03 Å². The van der Waals surface area contributed by atoms with E-state index < -0.39 is 0 Å². The molecular formula is C16H9BrCl2N2O. The van der Waals surface area contributed by atoms with Crippen molar-refractivity contribution in [1.29, 1.82) is 0 Å². The zero-order chi connectivity index (χ0) is 15.5. The van der Waals surface area contributed by atoms with Crippen molar-refractivity contribution in [3.63, 3.8) is 0 Å². The van der Waals surface area contributed by atoms with Gasteiger partial charge >= 0.3 is 0 Å². The van der Waals surface area contributed by atoms with Gasteiger partial charge in [0.15, 0.2) is 0 Å². The van der Waals surface area contributed by atoms with E-state index in [0.29, 0.717) is 15.9 Å². The predicted molar refractivity (Wildman–Crippen MR) is 92.6 cm³/mol. The fourth-order valence-corrected chi connectivity index (χ4v) is 2.61. The second kappa shape index (κ2) is 6.65. The molecule has 0 aliphatic carbocycles. The lowest BCUT2D eigenvalue weighted by Crippen LogP contribution is -1.79. The van der Waals surface area contributed by atoms with Crippen molar-refractivity contribution in [3.8, 4) is 11.5 Å². The molecule has 0 radical (unpaired) electrons. The van der Waals surface area contributed by atoms with Gasteiger partial charge in [-0.05, 0) is 51.8 Å². The first kappa shape index (κ1) is 15.3. The summed E-state index contributed by atoms with van der Waals surface area (Å²) >= 11 is 15.5. The van der Waals surface area contributed by atoms with Crippen molar-refractivity contribution in [1.82, 2.24) is 10.2 Å². The number of hydrogen-bond acceptors (Lipinski definition) is 3. The summed E-state index contributed by atoms with van der Waals surface area (Å²) in [7, 11) is 0. The van der Waals surface area contributed by atoms with E-state index in [0.717, 1.165) is 15.6 Å². The Morgan fingerprint density at radius 3 is 2.50 bits per heavy atom. The van der Waals surface area contributed by atoms with Gasteiger partial charge in [0.2, 0.25) is 5.89 Å². The van der Waals surface area contributed by atoms with Crippen molar-refractivity contribution in [3.05, 3.63) is 69.5 Å². The molecule has 3 rings (SSSR count). The molecule has 3 aromatic rings. The van der Waals surface area contributed by atoms with Crippen LogP contribution in [0.3, 0.4) is 0 Å². The third-order valence-corrected chi connectivity index (χ3v) is 4.11. The molecule has 0 aliphatic heterocycles. The summed E-state index contributed by atoms with van der Waals surface area (Å²) in [5.74, 6) is 0.674. The number of hydrogen-bond donors (Lipinski definition) is 0. The summed E-state index contributed by atoms with van der Waals surface area (Å²) in [6.45, 7) is 0. The minimum atomic E-state index is 0.266. The summed E-state index contributed by atoms with van der Waals surface area (Å²) in [4.78, 5) is 0. The van der Waals surface area contributed by atoms with Crippen LogP contribution in [0.2, 0.25) is 5.02 Å². The van der Waals surface area contributed by atoms with Crippen molar-refractivity contribution in [2.24, 2.45) is 0 Å². The fourth-order valence-electron chi connectivity index (χ4n) is 1.83. The fraction of sp³-hybridized carbons (Fsp3) is 0. The van der Waals surface area contributed by atoms with Crippen LogP contribution in [0.25, 0.3) is 22.6 Å². The van der Waals surface area contributed by atoms with E-state index in [-0.39, 0.29) is 5.89 Å². The highest BCUT2D eigenvalue weighted by molar-refractivity contribution is 9.10. The molecule has 22 heavy (non-hydrogen) atoms. The van der Waals surface area contributed by atoms with Gasteiger partial charge in [0.25, 0.3) is 5.89 Å². The quantitative estimate of drug-likeness (QED) is 0.554. The van der Waals surface area contributed by atoms with Crippen molar-refractivity contribution < 1.29 is 4.42 Å². The lowest BCUT2D eigenvalue weighted by molar-refractivity contribution is 0.556. The highest BCUT2D eigenvalue weighted by Crippen LogP contribution is 2.29. The van der Waals surface area contributed by atoms with Gasteiger partial charge in [-0.1, -0.05) is 47.5 Å². The Labute approximate surface area is 145 Å². The van der Waals surface area contributed by atoms with E-state index in [4.69, 9.17) is 27.6 Å². The maximum absolute atomic E-state index is 6.24. The lowest BCUT2D eigenvalue weighted by Gasteiger charge is -1.97. The first-order chi connectivity index (χ1) is 10.6. The van der Waals surface area contributed by atoms with E-state index >= 15 is 0 Å². The van der Waals surface area contributed by atoms with Crippen LogP contribution in [0.1, 0.15) is 11.5 Å². The molecule has 0 saturated carbocycles. The minimum absolute atomic E-state index is 0.266. The lowest BCUT2D eigenvalue weighted by atomic mass is 10.2. The average Bonchev–Trinajstić information content (AvgIpc) is 3.00. The molecule has 0 saturated heterocycles. The standard InChI is InChI=1S/C16H9BrCl2N2O/c17-13-4-2-1-3-12(13)15-20-21-16(22-15)14(19)9-10-5-7-11(18)8-6-10/h1-9H/b14-9-. The highest BCUT2D eigenvalue weighted by Gasteiger charge is 2.13. The molecular weight excluding hydrogens is 387 g/mol. The number of aromatic nitrogens is 2. The van der Waals surface area contributed by atoms with Crippen molar-refractivity contribution >= 4 is 50.2 Å². The van der Waals surface area contributed by atoms with Gasteiger partial charge < -0.3 is 4.42 Å². The van der Waals surface area contributed by atoms with Crippen LogP contribution >= 0.6 is 39.1 Å².